The van der Waals surface area contributed by atoms with Crippen LogP contribution < -0.4 is 0 Å². The number of carbonyl (C=O) groups is 1. The molecule has 0 N–H and O–H groups in total. The first kappa shape index (κ1) is 9.83. The third kappa shape index (κ3) is 1.45. The lowest BCUT2D eigenvalue weighted by Gasteiger charge is -2.35. The maximum atomic E-state index is 12.3. The van der Waals surface area contributed by atoms with Crippen molar-refractivity contribution in [1.29, 1.82) is 0 Å². The smallest absolute Gasteiger partial charge is 0.139 e. The Labute approximate surface area is 92.0 Å². The van der Waals surface area contributed by atoms with E-state index < -0.39 is 0 Å². The molecule has 0 aromatic rings. The van der Waals surface area contributed by atoms with E-state index in [1.54, 1.807) is 0 Å². The van der Waals surface area contributed by atoms with Gasteiger partial charge in [-0.15, -0.1) is 0 Å². The van der Waals surface area contributed by atoms with Crippen LogP contribution in [-0.4, -0.2) is 30.8 Å². The number of hydrogen-bond donors (Lipinski definition) is 0. The average molecular weight is 207 g/mol. The van der Waals surface area contributed by atoms with Gasteiger partial charge in [0, 0.05) is 18.4 Å². The number of hydrogen-bond acceptors (Lipinski definition) is 2. The highest BCUT2D eigenvalue weighted by Crippen LogP contribution is 2.49. The number of piperidine rings is 1. The molecule has 84 valence electrons. The minimum Gasteiger partial charge on any atom is -0.306 e. The van der Waals surface area contributed by atoms with Gasteiger partial charge in [0.2, 0.25) is 0 Å². The zero-order chi connectivity index (χ0) is 10.4. The molecule has 0 spiro atoms. The third-order valence-electron chi connectivity index (χ3n) is 4.96. The summed E-state index contributed by atoms with van der Waals surface area (Å²) in [6.07, 6.45) is 6.31. The Morgan fingerprint density at radius 3 is 2.67 bits per heavy atom. The molecule has 0 bridgehead atoms. The molecule has 0 aromatic heterocycles. The van der Waals surface area contributed by atoms with Crippen LogP contribution in [0.2, 0.25) is 0 Å². The molecule has 2 nitrogen and oxygen atoms in total. The summed E-state index contributed by atoms with van der Waals surface area (Å²) in [5.74, 6) is 2.99. The molecule has 0 radical (unpaired) electrons. The van der Waals surface area contributed by atoms with Gasteiger partial charge in [-0.3, -0.25) is 4.79 Å². The molecule has 2 aliphatic carbocycles. The topological polar surface area (TPSA) is 20.3 Å². The predicted molar refractivity (Wildman–Crippen MR) is 59.5 cm³/mol. The van der Waals surface area contributed by atoms with E-state index >= 15 is 0 Å². The summed E-state index contributed by atoms with van der Waals surface area (Å²) in [5, 5.41) is 0. The van der Waals surface area contributed by atoms with Gasteiger partial charge in [-0.1, -0.05) is 12.8 Å². The Hall–Kier alpha value is -0.370. The number of rotatable bonds is 0. The minimum atomic E-state index is 0.439. The number of fused-ring (bicyclic) bond motifs is 3. The summed E-state index contributed by atoms with van der Waals surface area (Å²) in [6, 6.07) is 0. The fourth-order valence-electron chi connectivity index (χ4n) is 4.24. The van der Waals surface area contributed by atoms with Crippen LogP contribution in [-0.2, 0) is 4.79 Å². The largest absolute Gasteiger partial charge is 0.306 e. The maximum absolute atomic E-state index is 12.3. The van der Waals surface area contributed by atoms with Crippen molar-refractivity contribution < 1.29 is 4.79 Å². The van der Waals surface area contributed by atoms with Crippen LogP contribution in [0.3, 0.4) is 0 Å². The lowest BCUT2D eigenvalue weighted by molar-refractivity contribution is -0.125. The summed E-state index contributed by atoms with van der Waals surface area (Å²) in [6.45, 7) is 2.31. The second-order valence-corrected chi connectivity index (χ2v) is 5.78. The van der Waals surface area contributed by atoms with Crippen LogP contribution in [0, 0.1) is 23.7 Å². The highest BCUT2D eigenvalue weighted by Gasteiger charge is 2.51. The van der Waals surface area contributed by atoms with E-state index in [0.29, 0.717) is 23.5 Å². The normalized spacial score (nSPS) is 46.3. The van der Waals surface area contributed by atoms with Crippen molar-refractivity contribution in [3.8, 4) is 0 Å². The Kier molecular flexibility index (Phi) is 2.35. The first-order valence-corrected chi connectivity index (χ1v) is 6.49. The van der Waals surface area contributed by atoms with Crippen molar-refractivity contribution in [2.75, 3.05) is 20.1 Å². The number of likely N-dealkylation sites (tertiary alicyclic amines) is 1. The molecule has 1 saturated heterocycles. The SMILES string of the molecule is CN1CCC2C(=O)C3CCCCC3C2C1. The highest BCUT2D eigenvalue weighted by molar-refractivity contribution is 5.86. The Balaban J connectivity index is 1.84. The average Bonchev–Trinajstić information content (AvgIpc) is 2.54. The van der Waals surface area contributed by atoms with E-state index in [1.807, 2.05) is 0 Å². The molecule has 15 heavy (non-hydrogen) atoms. The van der Waals surface area contributed by atoms with E-state index in [1.165, 1.54) is 32.2 Å². The zero-order valence-corrected chi connectivity index (χ0v) is 9.61. The van der Waals surface area contributed by atoms with Gasteiger partial charge in [-0.05, 0) is 44.7 Å². The van der Waals surface area contributed by atoms with Gasteiger partial charge in [0.1, 0.15) is 5.78 Å². The summed E-state index contributed by atoms with van der Waals surface area (Å²) < 4.78 is 0. The van der Waals surface area contributed by atoms with Crippen molar-refractivity contribution >= 4 is 5.78 Å². The molecule has 1 heterocycles. The number of ketones is 1. The molecular weight excluding hydrogens is 186 g/mol. The summed E-state index contributed by atoms with van der Waals surface area (Å²) in [7, 11) is 2.21. The molecule has 4 atom stereocenters. The Morgan fingerprint density at radius 2 is 1.80 bits per heavy atom. The molecule has 0 amide bonds. The molecule has 0 aromatic carbocycles. The van der Waals surface area contributed by atoms with Crippen LogP contribution in [0.5, 0.6) is 0 Å². The van der Waals surface area contributed by atoms with E-state index in [0.717, 1.165) is 18.9 Å². The molecule has 3 rings (SSSR count). The Morgan fingerprint density at radius 1 is 1.07 bits per heavy atom. The van der Waals surface area contributed by atoms with Gasteiger partial charge >= 0.3 is 0 Å². The van der Waals surface area contributed by atoms with Crippen molar-refractivity contribution in [3.63, 3.8) is 0 Å². The second-order valence-electron chi connectivity index (χ2n) is 5.78. The minimum absolute atomic E-state index is 0.439. The second kappa shape index (κ2) is 3.58. The number of Topliss-reactive ketones (excluding diaryl/α,β-unsaturated/α-hetero) is 1. The lowest BCUT2D eigenvalue weighted by Crippen LogP contribution is -2.39. The van der Waals surface area contributed by atoms with E-state index in [-0.39, 0.29) is 0 Å². The fourth-order valence-corrected chi connectivity index (χ4v) is 4.24. The summed E-state index contributed by atoms with van der Waals surface area (Å²) >= 11 is 0. The molecule has 3 fully saturated rings. The fraction of sp³-hybridized carbons (Fsp3) is 0.923. The summed E-state index contributed by atoms with van der Waals surface area (Å²) in [5.41, 5.74) is 0. The van der Waals surface area contributed by atoms with Crippen LogP contribution in [0.4, 0.5) is 0 Å². The first-order chi connectivity index (χ1) is 7.27. The lowest BCUT2D eigenvalue weighted by atomic mass is 9.76. The molecule has 2 heteroatoms. The predicted octanol–water partition coefficient (Wildman–Crippen LogP) is 1.94. The zero-order valence-electron chi connectivity index (χ0n) is 9.61. The standard InChI is InChI=1S/C13H21NO/c1-14-7-6-11-12(8-14)9-4-2-3-5-10(9)13(11)15/h9-12H,2-8H2,1H3. The van der Waals surface area contributed by atoms with E-state index in [9.17, 15) is 4.79 Å². The molecule has 3 aliphatic rings. The monoisotopic (exact) mass is 207 g/mol. The van der Waals surface area contributed by atoms with Crippen molar-refractivity contribution in [1.82, 2.24) is 4.90 Å². The number of carbonyl (C=O) groups excluding carboxylic acids is 1. The summed E-state index contributed by atoms with van der Waals surface area (Å²) in [4.78, 5) is 14.7. The first-order valence-electron chi connectivity index (χ1n) is 6.49. The van der Waals surface area contributed by atoms with Gasteiger partial charge in [0.25, 0.3) is 0 Å². The van der Waals surface area contributed by atoms with Gasteiger partial charge in [-0.25, -0.2) is 0 Å². The van der Waals surface area contributed by atoms with Crippen LogP contribution >= 0.6 is 0 Å². The van der Waals surface area contributed by atoms with Crippen LogP contribution in [0.15, 0.2) is 0 Å². The molecule has 1 aliphatic heterocycles. The molecule has 2 saturated carbocycles. The van der Waals surface area contributed by atoms with Crippen molar-refractivity contribution in [2.24, 2.45) is 23.7 Å². The van der Waals surface area contributed by atoms with Gasteiger partial charge < -0.3 is 4.90 Å². The molecular formula is C13H21NO. The van der Waals surface area contributed by atoms with Crippen LogP contribution in [0.1, 0.15) is 32.1 Å². The van der Waals surface area contributed by atoms with Crippen molar-refractivity contribution in [3.05, 3.63) is 0 Å². The van der Waals surface area contributed by atoms with Crippen molar-refractivity contribution in [2.45, 2.75) is 32.1 Å². The quantitative estimate of drug-likeness (QED) is 0.605. The molecule has 4 unspecified atom stereocenters. The number of nitrogens with zero attached hydrogens (tertiary/aromatic N) is 1. The van der Waals surface area contributed by atoms with Gasteiger partial charge in [0.15, 0.2) is 0 Å². The maximum Gasteiger partial charge on any atom is 0.139 e. The van der Waals surface area contributed by atoms with E-state index in [4.69, 9.17) is 0 Å². The van der Waals surface area contributed by atoms with Gasteiger partial charge in [0.05, 0.1) is 0 Å². The highest BCUT2D eigenvalue weighted by atomic mass is 16.1. The van der Waals surface area contributed by atoms with E-state index in [2.05, 4.69) is 11.9 Å². The third-order valence-corrected chi connectivity index (χ3v) is 4.96. The van der Waals surface area contributed by atoms with Gasteiger partial charge in [-0.2, -0.15) is 0 Å². The van der Waals surface area contributed by atoms with Crippen LogP contribution in [0.25, 0.3) is 0 Å². The Bertz CT molecular complexity index is 276.